The molecule has 0 bridgehead atoms. The molecule has 0 aromatic carbocycles. The Morgan fingerprint density at radius 1 is 0.625 bits per heavy atom. The summed E-state index contributed by atoms with van der Waals surface area (Å²) in [6, 6.07) is 4.48. The summed E-state index contributed by atoms with van der Waals surface area (Å²) in [6.07, 6.45) is 24.0. The standard InChI is InChI=1S/C28H51BO2S/c1-6-7-8-9-10-11-12-13-14-15-16-17-18-19-20-21-22-25-23-24-26(32-25)29-30-27(2,3)28(4,5)31-29/h23-24H,6-22H2,1-5H3. The molecule has 2 heterocycles. The van der Waals surface area contributed by atoms with Crippen molar-refractivity contribution >= 4 is 23.2 Å². The van der Waals surface area contributed by atoms with Crippen molar-refractivity contribution in [3.05, 3.63) is 17.0 Å². The molecule has 0 aliphatic carbocycles. The van der Waals surface area contributed by atoms with Crippen LogP contribution in [-0.4, -0.2) is 18.3 Å². The molecule has 0 radical (unpaired) electrons. The number of hydrogen-bond acceptors (Lipinski definition) is 3. The molecular weight excluding hydrogens is 411 g/mol. The summed E-state index contributed by atoms with van der Waals surface area (Å²) in [5.41, 5.74) is -0.509. The van der Waals surface area contributed by atoms with Gasteiger partial charge >= 0.3 is 7.12 Å². The summed E-state index contributed by atoms with van der Waals surface area (Å²) in [5, 5.41) is 0. The predicted octanol–water partition coefficient (Wildman–Crippen LogP) is 8.85. The first-order valence-electron chi connectivity index (χ1n) is 13.8. The van der Waals surface area contributed by atoms with Crippen LogP contribution in [-0.2, 0) is 15.7 Å². The lowest BCUT2D eigenvalue weighted by Gasteiger charge is -2.32. The zero-order valence-corrected chi connectivity index (χ0v) is 22.8. The van der Waals surface area contributed by atoms with Crippen molar-refractivity contribution in [3.63, 3.8) is 0 Å². The first-order valence-corrected chi connectivity index (χ1v) is 14.6. The highest BCUT2D eigenvalue weighted by molar-refractivity contribution is 7.22. The quantitative estimate of drug-likeness (QED) is 0.160. The highest BCUT2D eigenvalue weighted by Crippen LogP contribution is 2.37. The van der Waals surface area contributed by atoms with E-state index in [0.29, 0.717) is 0 Å². The van der Waals surface area contributed by atoms with Crippen LogP contribution in [0.1, 0.15) is 142 Å². The first-order chi connectivity index (χ1) is 15.4. The van der Waals surface area contributed by atoms with Crippen molar-refractivity contribution in [3.8, 4) is 0 Å². The van der Waals surface area contributed by atoms with Gasteiger partial charge in [-0.15, -0.1) is 11.3 Å². The molecule has 1 fully saturated rings. The van der Waals surface area contributed by atoms with Crippen molar-refractivity contribution in [2.75, 3.05) is 0 Å². The van der Waals surface area contributed by atoms with Gasteiger partial charge in [-0.2, -0.15) is 0 Å². The average molecular weight is 463 g/mol. The van der Waals surface area contributed by atoms with Gasteiger partial charge in [0.1, 0.15) is 0 Å². The van der Waals surface area contributed by atoms with Crippen LogP contribution in [0.4, 0.5) is 0 Å². The Bertz CT molecular complexity index is 594. The van der Waals surface area contributed by atoms with Gasteiger partial charge in [0, 0.05) is 9.65 Å². The zero-order chi connectivity index (χ0) is 23.3. The minimum absolute atomic E-state index is 0.204. The maximum Gasteiger partial charge on any atom is 0.505 e. The number of unbranched alkanes of at least 4 members (excludes halogenated alkanes) is 15. The van der Waals surface area contributed by atoms with E-state index < -0.39 is 0 Å². The van der Waals surface area contributed by atoms with E-state index in [-0.39, 0.29) is 18.3 Å². The van der Waals surface area contributed by atoms with Gasteiger partial charge in [-0.05, 0) is 46.6 Å². The van der Waals surface area contributed by atoms with Crippen LogP contribution in [0.3, 0.4) is 0 Å². The van der Waals surface area contributed by atoms with Gasteiger partial charge in [0.15, 0.2) is 0 Å². The number of hydrogen-bond donors (Lipinski definition) is 0. The molecule has 0 saturated carbocycles. The van der Waals surface area contributed by atoms with E-state index in [1.807, 2.05) is 11.3 Å². The third kappa shape index (κ3) is 9.89. The molecular formula is C28H51BO2S. The van der Waals surface area contributed by atoms with Gasteiger partial charge in [0.2, 0.25) is 0 Å². The highest BCUT2D eigenvalue weighted by Gasteiger charge is 2.52. The second-order valence-electron chi connectivity index (χ2n) is 10.9. The van der Waals surface area contributed by atoms with Crippen molar-refractivity contribution in [1.29, 1.82) is 0 Å². The minimum atomic E-state index is -0.254. The van der Waals surface area contributed by atoms with Gasteiger partial charge in [-0.3, -0.25) is 0 Å². The molecule has 0 unspecified atom stereocenters. The van der Waals surface area contributed by atoms with E-state index in [0.717, 1.165) is 0 Å². The minimum Gasteiger partial charge on any atom is -0.399 e. The maximum atomic E-state index is 6.19. The smallest absolute Gasteiger partial charge is 0.399 e. The molecule has 2 nitrogen and oxygen atoms in total. The molecule has 1 aliphatic rings. The second kappa shape index (κ2) is 14.8. The predicted molar refractivity (Wildman–Crippen MR) is 143 cm³/mol. The summed E-state index contributed by atoms with van der Waals surface area (Å²) in [7, 11) is -0.204. The van der Waals surface area contributed by atoms with Gasteiger partial charge < -0.3 is 9.31 Å². The fourth-order valence-electron chi connectivity index (χ4n) is 4.46. The lowest BCUT2D eigenvalue weighted by molar-refractivity contribution is 0.00578. The Morgan fingerprint density at radius 2 is 1.03 bits per heavy atom. The summed E-state index contributed by atoms with van der Waals surface area (Å²) >= 11 is 1.87. The molecule has 2 rings (SSSR count). The van der Waals surface area contributed by atoms with Gasteiger partial charge in [-0.1, -0.05) is 109 Å². The monoisotopic (exact) mass is 462 g/mol. The Morgan fingerprint density at radius 3 is 1.47 bits per heavy atom. The fraction of sp³-hybridized carbons (Fsp3) is 0.857. The van der Waals surface area contributed by atoms with Crippen molar-refractivity contribution in [1.82, 2.24) is 0 Å². The van der Waals surface area contributed by atoms with Gasteiger partial charge in [0.05, 0.1) is 11.2 Å². The van der Waals surface area contributed by atoms with E-state index in [1.165, 1.54) is 119 Å². The molecule has 32 heavy (non-hydrogen) atoms. The molecule has 0 amide bonds. The summed E-state index contributed by atoms with van der Waals surface area (Å²) < 4.78 is 13.6. The zero-order valence-electron chi connectivity index (χ0n) is 22.0. The largest absolute Gasteiger partial charge is 0.505 e. The molecule has 184 valence electrons. The van der Waals surface area contributed by atoms with E-state index in [9.17, 15) is 0 Å². The van der Waals surface area contributed by atoms with Crippen LogP contribution in [0.25, 0.3) is 0 Å². The van der Waals surface area contributed by atoms with Crippen LogP contribution in [0, 0.1) is 0 Å². The Balaban J connectivity index is 1.41. The molecule has 0 N–H and O–H groups in total. The fourth-order valence-corrected chi connectivity index (χ4v) is 5.48. The van der Waals surface area contributed by atoms with Crippen molar-refractivity contribution in [2.24, 2.45) is 0 Å². The lowest BCUT2D eigenvalue weighted by Crippen LogP contribution is -2.41. The molecule has 4 heteroatoms. The van der Waals surface area contributed by atoms with Crippen LogP contribution >= 0.6 is 11.3 Å². The Kier molecular flexibility index (Phi) is 13.0. The van der Waals surface area contributed by atoms with Crippen molar-refractivity contribution in [2.45, 2.75) is 155 Å². The topological polar surface area (TPSA) is 18.5 Å². The molecule has 0 atom stereocenters. The molecule has 0 spiro atoms. The van der Waals surface area contributed by atoms with E-state index >= 15 is 0 Å². The van der Waals surface area contributed by atoms with Crippen LogP contribution < -0.4 is 4.78 Å². The van der Waals surface area contributed by atoms with Crippen LogP contribution in [0.15, 0.2) is 12.1 Å². The van der Waals surface area contributed by atoms with Gasteiger partial charge in [0.25, 0.3) is 0 Å². The van der Waals surface area contributed by atoms with Crippen LogP contribution in [0.2, 0.25) is 0 Å². The second-order valence-corrected chi connectivity index (χ2v) is 12.1. The normalized spacial score (nSPS) is 17.3. The molecule has 1 aromatic rings. The molecule has 1 aliphatic heterocycles. The number of thiophene rings is 1. The number of aryl methyl sites for hydroxylation is 1. The highest BCUT2D eigenvalue weighted by atomic mass is 32.1. The van der Waals surface area contributed by atoms with Crippen LogP contribution in [0.5, 0.6) is 0 Å². The maximum absolute atomic E-state index is 6.19. The molecule has 1 saturated heterocycles. The lowest BCUT2D eigenvalue weighted by atomic mass is 9.88. The van der Waals surface area contributed by atoms with Crippen molar-refractivity contribution < 1.29 is 9.31 Å². The summed E-state index contributed by atoms with van der Waals surface area (Å²) in [6.45, 7) is 10.8. The van der Waals surface area contributed by atoms with Gasteiger partial charge in [-0.25, -0.2) is 0 Å². The summed E-state index contributed by atoms with van der Waals surface area (Å²) in [5.74, 6) is 0. The average Bonchev–Trinajstić information content (AvgIpc) is 3.29. The number of rotatable bonds is 18. The van der Waals surface area contributed by atoms with E-state index in [4.69, 9.17) is 9.31 Å². The molecule has 1 aromatic heterocycles. The summed E-state index contributed by atoms with van der Waals surface area (Å²) in [4.78, 5) is 1.47. The SMILES string of the molecule is CCCCCCCCCCCCCCCCCCc1ccc(B2OC(C)(C)C(C)(C)O2)s1. The Labute approximate surface area is 204 Å². The first kappa shape index (κ1) is 27.9. The third-order valence-corrected chi connectivity index (χ3v) is 8.61. The Hall–Kier alpha value is -0.315. The van der Waals surface area contributed by atoms with E-state index in [2.05, 4.69) is 46.8 Å². The third-order valence-electron chi connectivity index (χ3n) is 7.44. The van der Waals surface area contributed by atoms with E-state index in [1.54, 1.807) is 0 Å².